The van der Waals surface area contributed by atoms with Gasteiger partial charge in [0, 0.05) is 6.54 Å². The second-order valence-corrected chi connectivity index (χ2v) is 5.48. The zero-order chi connectivity index (χ0) is 16.1. The highest BCUT2D eigenvalue weighted by molar-refractivity contribution is 5.83. The van der Waals surface area contributed by atoms with Crippen LogP contribution in [0.2, 0.25) is 0 Å². The molecule has 0 atom stereocenters. The predicted octanol–water partition coefficient (Wildman–Crippen LogP) is 3.71. The number of nitrogens with one attached hydrogen (secondary N) is 1. The average molecular weight is 305 g/mol. The smallest absolute Gasteiger partial charge is 0.224 e. The molecule has 3 nitrogen and oxygen atoms in total. The highest BCUT2D eigenvalue weighted by Gasteiger charge is 2.04. The summed E-state index contributed by atoms with van der Waals surface area (Å²) >= 11 is 0. The lowest BCUT2D eigenvalue weighted by molar-refractivity contribution is -0.120. The van der Waals surface area contributed by atoms with Crippen molar-refractivity contribution in [1.82, 2.24) is 5.32 Å². The fourth-order valence-electron chi connectivity index (χ4n) is 2.54. The summed E-state index contributed by atoms with van der Waals surface area (Å²) in [6.45, 7) is 0.541. The van der Waals surface area contributed by atoms with E-state index >= 15 is 0 Å². The molecule has 23 heavy (non-hydrogen) atoms. The van der Waals surface area contributed by atoms with E-state index in [1.54, 1.807) is 7.11 Å². The first-order valence-corrected chi connectivity index (χ1v) is 7.62. The molecule has 0 saturated carbocycles. The number of carbonyl (C=O) groups is 1. The lowest BCUT2D eigenvalue weighted by Gasteiger charge is -2.07. The molecule has 1 amide bonds. The van der Waals surface area contributed by atoms with Gasteiger partial charge in [-0.25, -0.2) is 0 Å². The van der Waals surface area contributed by atoms with Crippen molar-refractivity contribution in [2.75, 3.05) is 7.11 Å². The third-order valence-corrected chi connectivity index (χ3v) is 3.83. The van der Waals surface area contributed by atoms with E-state index < -0.39 is 0 Å². The van der Waals surface area contributed by atoms with Crippen LogP contribution in [0.15, 0.2) is 66.7 Å². The van der Waals surface area contributed by atoms with E-state index in [0.29, 0.717) is 13.0 Å². The van der Waals surface area contributed by atoms with Gasteiger partial charge in [-0.1, -0.05) is 48.5 Å². The number of hydrogen-bond acceptors (Lipinski definition) is 2. The molecule has 3 aromatic carbocycles. The van der Waals surface area contributed by atoms with E-state index in [1.165, 1.54) is 10.8 Å². The summed E-state index contributed by atoms with van der Waals surface area (Å²) in [5.74, 6) is 0.814. The van der Waals surface area contributed by atoms with E-state index in [4.69, 9.17) is 4.74 Å². The van der Waals surface area contributed by atoms with Crippen LogP contribution in [0.3, 0.4) is 0 Å². The Morgan fingerprint density at radius 1 is 0.913 bits per heavy atom. The Morgan fingerprint density at radius 2 is 1.61 bits per heavy atom. The van der Waals surface area contributed by atoms with Crippen LogP contribution in [0.4, 0.5) is 0 Å². The Balaban J connectivity index is 1.58. The van der Waals surface area contributed by atoms with Crippen LogP contribution in [0.1, 0.15) is 11.1 Å². The Bertz CT molecular complexity index is 809. The number of ether oxygens (including phenoxy) is 1. The highest BCUT2D eigenvalue weighted by atomic mass is 16.5. The van der Waals surface area contributed by atoms with Gasteiger partial charge in [-0.2, -0.15) is 0 Å². The zero-order valence-corrected chi connectivity index (χ0v) is 13.1. The number of fused-ring (bicyclic) bond motifs is 1. The largest absolute Gasteiger partial charge is 0.497 e. The van der Waals surface area contributed by atoms with Gasteiger partial charge in [-0.15, -0.1) is 0 Å². The van der Waals surface area contributed by atoms with E-state index in [1.807, 2.05) is 36.4 Å². The van der Waals surface area contributed by atoms with Gasteiger partial charge in [-0.3, -0.25) is 4.79 Å². The summed E-state index contributed by atoms with van der Waals surface area (Å²) in [5, 5.41) is 5.37. The number of rotatable bonds is 5. The van der Waals surface area contributed by atoms with Crippen molar-refractivity contribution in [2.45, 2.75) is 13.0 Å². The van der Waals surface area contributed by atoms with E-state index in [0.717, 1.165) is 16.9 Å². The number of methoxy groups -OCH3 is 1. The average Bonchev–Trinajstić information content (AvgIpc) is 2.60. The summed E-state index contributed by atoms with van der Waals surface area (Å²) in [4.78, 5) is 12.1. The summed E-state index contributed by atoms with van der Waals surface area (Å²) in [6.07, 6.45) is 0.373. The molecular formula is C20H19NO2. The first kappa shape index (κ1) is 15.1. The quantitative estimate of drug-likeness (QED) is 0.780. The van der Waals surface area contributed by atoms with Crippen LogP contribution in [-0.2, 0) is 17.8 Å². The molecule has 0 bridgehead atoms. The van der Waals surface area contributed by atoms with Crippen molar-refractivity contribution >= 4 is 16.7 Å². The van der Waals surface area contributed by atoms with Gasteiger partial charge in [-0.05, 0) is 40.1 Å². The molecule has 0 aliphatic carbocycles. The molecule has 0 aliphatic rings. The molecule has 1 N–H and O–H groups in total. The minimum Gasteiger partial charge on any atom is -0.497 e. The van der Waals surface area contributed by atoms with Crippen LogP contribution >= 0.6 is 0 Å². The van der Waals surface area contributed by atoms with Crippen molar-refractivity contribution in [3.63, 3.8) is 0 Å². The van der Waals surface area contributed by atoms with Crippen LogP contribution in [0, 0.1) is 0 Å². The second-order valence-electron chi connectivity index (χ2n) is 5.48. The molecule has 0 heterocycles. The molecule has 0 unspecified atom stereocenters. The Kier molecular flexibility index (Phi) is 4.57. The maximum atomic E-state index is 12.1. The van der Waals surface area contributed by atoms with Gasteiger partial charge in [0.05, 0.1) is 13.5 Å². The Hall–Kier alpha value is -2.81. The molecule has 0 spiro atoms. The van der Waals surface area contributed by atoms with Gasteiger partial charge in [0.2, 0.25) is 5.91 Å². The topological polar surface area (TPSA) is 38.3 Å². The molecule has 3 aromatic rings. The van der Waals surface area contributed by atoms with Gasteiger partial charge < -0.3 is 10.1 Å². The third-order valence-electron chi connectivity index (χ3n) is 3.83. The summed E-state index contributed by atoms with van der Waals surface area (Å²) in [7, 11) is 1.63. The molecule has 3 heteroatoms. The molecule has 0 aromatic heterocycles. The number of hydrogen-bond donors (Lipinski definition) is 1. The van der Waals surface area contributed by atoms with Crippen LogP contribution < -0.4 is 10.1 Å². The fourth-order valence-corrected chi connectivity index (χ4v) is 2.54. The Morgan fingerprint density at radius 3 is 2.35 bits per heavy atom. The SMILES string of the molecule is COc1ccc(CC(=O)NCc2ccc3ccccc3c2)cc1. The van der Waals surface area contributed by atoms with E-state index in [-0.39, 0.29) is 5.91 Å². The van der Waals surface area contributed by atoms with Crippen molar-refractivity contribution in [3.8, 4) is 5.75 Å². The fraction of sp³-hybridized carbons (Fsp3) is 0.150. The Labute approximate surface area is 135 Å². The maximum Gasteiger partial charge on any atom is 0.224 e. The van der Waals surface area contributed by atoms with Crippen molar-refractivity contribution in [3.05, 3.63) is 77.9 Å². The minimum atomic E-state index is 0.0170. The van der Waals surface area contributed by atoms with Crippen LogP contribution in [0.5, 0.6) is 5.75 Å². The lowest BCUT2D eigenvalue weighted by Crippen LogP contribution is -2.24. The molecule has 0 fully saturated rings. The van der Waals surface area contributed by atoms with Gasteiger partial charge in [0.25, 0.3) is 0 Å². The van der Waals surface area contributed by atoms with Crippen molar-refractivity contribution < 1.29 is 9.53 Å². The monoisotopic (exact) mass is 305 g/mol. The van der Waals surface area contributed by atoms with Crippen molar-refractivity contribution in [1.29, 1.82) is 0 Å². The first-order valence-electron chi connectivity index (χ1n) is 7.62. The van der Waals surface area contributed by atoms with Gasteiger partial charge in [0.15, 0.2) is 0 Å². The third kappa shape index (κ3) is 3.89. The molecule has 0 radical (unpaired) electrons. The first-order chi connectivity index (χ1) is 11.2. The van der Waals surface area contributed by atoms with E-state index in [2.05, 4.69) is 35.6 Å². The second kappa shape index (κ2) is 6.97. The number of benzene rings is 3. The molecule has 3 rings (SSSR count). The predicted molar refractivity (Wildman–Crippen MR) is 92.5 cm³/mol. The van der Waals surface area contributed by atoms with Crippen LogP contribution in [0.25, 0.3) is 10.8 Å². The normalized spacial score (nSPS) is 10.5. The molecule has 0 aliphatic heterocycles. The molecule has 116 valence electrons. The zero-order valence-electron chi connectivity index (χ0n) is 13.1. The standard InChI is InChI=1S/C20H19NO2/c1-23-19-10-7-15(8-11-19)13-20(22)21-14-16-6-9-17-4-2-3-5-18(17)12-16/h2-12H,13-14H2,1H3,(H,21,22). The number of carbonyl (C=O) groups excluding carboxylic acids is 1. The van der Waals surface area contributed by atoms with Crippen LogP contribution in [-0.4, -0.2) is 13.0 Å². The molecular weight excluding hydrogens is 286 g/mol. The minimum absolute atomic E-state index is 0.0170. The maximum absolute atomic E-state index is 12.1. The van der Waals surface area contributed by atoms with E-state index in [9.17, 15) is 4.79 Å². The van der Waals surface area contributed by atoms with Gasteiger partial charge in [0.1, 0.15) is 5.75 Å². The van der Waals surface area contributed by atoms with Crippen molar-refractivity contribution in [2.24, 2.45) is 0 Å². The van der Waals surface area contributed by atoms with Gasteiger partial charge >= 0.3 is 0 Å². The lowest BCUT2D eigenvalue weighted by atomic mass is 10.1. The number of amides is 1. The highest BCUT2D eigenvalue weighted by Crippen LogP contribution is 2.15. The molecule has 0 saturated heterocycles. The summed E-state index contributed by atoms with van der Waals surface area (Å²) in [6, 6.07) is 22.0. The summed E-state index contributed by atoms with van der Waals surface area (Å²) < 4.78 is 5.11. The summed E-state index contributed by atoms with van der Waals surface area (Å²) in [5.41, 5.74) is 2.08.